The van der Waals surface area contributed by atoms with Crippen molar-refractivity contribution in [3.05, 3.63) is 35.4 Å². The third-order valence-corrected chi connectivity index (χ3v) is 4.48. The second kappa shape index (κ2) is 9.94. The fourth-order valence-electron chi connectivity index (χ4n) is 3.02. The number of hydrogen-bond donors (Lipinski definition) is 2. The highest BCUT2D eigenvalue weighted by Crippen LogP contribution is 2.20. The lowest BCUT2D eigenvalue weighted by molar-refractivity contribution is -0.149. The van der Waals surface area contributed by atoms with Gasteiger partial charge in [-0.3, -0.25) is 9.59 Å². The number of carbonyl (C=O) groups is 3. The van der Waals surface area contributed by atoms with Crippen molar-refractivity contribution in [2.45, 2.75) is 46.2 Å². The molecular weight excluding hydrogens is 346 g/mol. The molecule has 0 spiro atoms. The van der Waals surface area contributed by atoms with Gasteiger partial charge in [-0.05, 0) is 51.3 Å². The minimum absolute atomic E-state index is 0.0330. The molecule has 0 aliphatic carbocycles. The van der Waals surface area contributed by atoms with E-state index in [1.54, 1.807) is 24.0 Å². The van der Waals surface area contributed by atoms with Crippen LogP contribution in [0, 0.1) is 5.92 Å². The summed E-state index contributed by atoms with van der Waals surface area (Å²) in [5.74, 6) is -0.309. The molecule has 1 saturated heterocycles. The molecule has 1 heterocycles. The Morgan fingerprint density at radius 1 is 1.15 bits per heavy atom. The summed E-state index contributed by atoms with van der Waals surface area (Å²) >= 11 is 0. The van der Waals surface area contributed by atoms with Crippen LogP contribution in [0.4, 0.5) is 4.79 Å². The number of carbonyl (C=O) groups excluding carboxylic acids is 3. The zero-order valence-electron chi connectivity index (χ0n) is 16.3. The maximum Gasteiger partial charge on any atom is 0.315 e. The van der Waals surface area contributed by atoms with Gasteiger partial charge in [-0.2, -0.15) is 0 Å². The normalized spacial score (nSPS) is 14.7. The number of likely N-dealkylation sites (tertiary alicyclic amines) is 1. The Labute approximate surface area is 160 Å². The van der Waals surface area contributed by atoms with Crippen LogP contribution >= 0.6 is 0 Å². The number of hydrogen-bond acceptors (Lipinski definition) is 4. The summed E-state index contributed by atoms with van der Waals surface area (Å²) in [6, 6.07) is 7.10. The van der Waals surface area contributed by atoms with E-state index in [1.807, 2.05) is 26.0 Å². The van der Waals surface area contributed by atoms with E-state index >= 15 is 0 Å². The van der Waals surface area contributed by atoms with Crippen molar-refractivity contribution >= 4 is 17.9 Å². The van der Waals surface area contributed by atoms with Gasteiger partial charge >= 0.3 is 12.0 Å². The molecule has 3 amide bonds. The van der Waals surface area contributed by atoms with E-state index in [-0.39, 0.29) is 29.9 Å². The monoisotopic (exact) mass is 375 g/mol. The Balaban J connectivity index is 1.83. The number of piperidine rings is 1. The van der Waals surface area contributed by atoms with Gasteiger partial charge in [-0.15, -0.1) is 0 Å². The van der Waals surface area contributed by atoms with Crippen molar-refractivity contribution in [3.63, 3.8) is 0 Å². The molecule has 0 atom stereocenters. The molecule has 1 aliphatic rings. The fourth-order valence-corrected chi connectivity index (χ4v) is 3.02. The third kappa shape index (κ3) is 6.27. The molecule has 1 aliphatic heterocycles. The maximum absolute atomic E-state index is 12.6. The highest BCUT2D eigenvalue weighted by atomic mass is 16.5. The van der Waals surface area contributed by atoms with Gasteiger partial charge in [0.05, 0.1) is 12.5 Å². The molecule has 27 heavy (non-hydrogen) atoms. The molecule has 1 fully saturated rings. The first kappa shape index (κ1) is 20.7. The van der Waals surface area contributed by atoms with E-state index in [4.69, 9.17) is 4.74 Å². The number of nitrogens with one attached hydrogen (secondary N) is 2. The average molecular weight is 375 g/mol. The summed E-state index contributed by atoms with van der Waals surface area (Å²) in [6.45, 7) is 7.50. The van der Waals surface area contributed by atoms with Gasteiger partial charge in [0.15, 0.2) is 0 Å². The Bertz CT molecular complexity index is 650. The first-order chi connectivity index (χ1) is 12.9. The SMILES string of the molecule is CCOC(=O)C1CCN(C(=O)c2ccc(CNC(=O)NC(C)C)cc2)CC1. The van der Waals surface area contributed by atoms with Crippen molar-refractivity contribution in [3.8, 4) is 0 Å². The van der Waals surface area contributed by atoms with E-state index in [9.17, 15) is 14.4 Å². The maximum atomic E-state index is 12.6. The Morgan fingerprint density at radius 3 is 2.33 bits per heavy atom. The van der Waals surface area contributed by atoms with Crippen LogP contribution in [0.3, 0.4) is 0 Å². The Morgan fingerprint density at radius 2 is 1.78 bits per heavy atom. The van der Waals surface area contributed by atoms with Crippen LogP contribution in [-0.2, 0) is 16.1 Å². The summed E-state index contributed by atoms with van der Waals surface area (Å²) in [7, 11) is 0. The number of benzene rings is 1. The smallest absolute Gasteiger partial charge is 0.315 e. The highest BCUT2D eigenvalue weighted by Gasteiger charge is 2.28. The number of rotatable bonds is 6. The number of nitrogens with zero attached hydrogens (tertiary/aromatic N) is 1. The summed E-state index contributed by atoms with van der Waals surface area (Å²) < 4.78 is 5.06. The molecule has 0 radical (unpaired) electrons. The minimum Gasteiger partial charge on any atom is -0.466 e. The van der Waals surface area contributed by atoms with Crippen molar-refractivity contribution in [2.24, 2.45) is 5.92 Å². The molecule has 1 aromatic rings. The zero-order valence-corrected chi connectivity index (χ0v) is 16.3. The first-order valence-corrected chi connectivity index (χ1v) is 9.50. The standard InChI is InChI=1S/C20H29N3O4/c1-4-27-19(25)17-9-11-23(12-10-17)18(24)16-7-5-15(6-8-16)13-21-20(26)22-14(2)3/h5-8,14,17H,4,9-13H2,1-3H3,(H2,21,22,26). The molecule has 0 bridgehead atoms. The molecule has 7 nitrogen and oxygen atoms in total. The van der Waals surface area contributed by atoms with Crippen molar-refractivity contribution in [2.75, 3.05) is 19.7 Å². The predicted molar refractivity (Wildman–Crippen MR) is 102 cm³/mol. The van der Waals surface area contributed by atoms with Crippen molar-refractivity contribution in [1.82, 2.24) is 15.5 Å². The van der Waals surface area contributed by atoms with Gasteiger partial charge in [0.1, 0.15) is 0 Å². The summed E-state index contributed by atoms with van der Waals surface area (Å²) in [6.07, 6.45) is 1.27. The van der Waals surface area contributed by atoms with Crippen LogP contribution in [0.15, 0.2) is 24.3 Å². The average Bonchev–Trinajstić information content (AvgIpc) is 2.66. The van der Waals surface area contributed by atoms with Crippen LogP contribution < -0.4 is 10.6 Å². The third-order valence-electron chi connectivity index (χ3n) is 4.48. The van der Waals surface area contributed by atoms with Crippen LogP contribution in [0.5, 0.6) is 0 Å². The number of ether oxygens (including phenoxy) is 1. The van der Waals surface area contributed by atoms with E-state index < -0.39 is 0 Å². The molecule has 7 heteroatoms. The quantitative estimate of drug-likeness (QED) is 0.747. The van der Waals surface area contributed by atoms with Crippen molar-refractivity contribution in [1.29, 1.82) is 0 Å². The van der Waals surface area contributed by atoms with Crippen LogP contribution in [-0.4, -0.2) is 48.5 Å². The van der Waals surface area contributed by atoms with Gasteiger partial charge in [0, 0.05) is 31.2 Å². The summed E-state index contributed by atoms with van der Waals surface area (Å²) in [5.41, 5.74) is 1.53. The number of urea groups is 1. The Kier molecular flexibility index (Phi) is 7.64. The topological polar surface area (TPSA) is 87.7 Å². The minimum atomic E-state index is -0.213. The molecule has 0 saturated carbocycles. The highest BCUT2D eigenvalue weighted by molar-refractivity contribution is 5.94. The van der Waals surface area contributed by atoms with Gasteiger partial charge in [-0.25, -0.2) is 4.79 Å². The second-order valence-electron chi connectivity index (χ2n) is 7.00. The molecule has 0 aromatic heterocycles. The van der Waals surface area contributed by atoms with Gasteiger partial charge < -0.3 is 20.3 Å². The second-order valence-corrected chi connectivity index (χ2v) is 7.00. The van der Waals surface area contributed by atoms with E-state index in [0.717, 1.165) is 5.56 Å². The van der Waals surface area contributed by atoms with E-state index in [2.05, 4.69) is 10.6 Å². The molecule has 148 valence electrons. The molecule has 0 unspecified atom stereocenters. The van der Waals surface area contributed by atoms with E-state index in [1.165, 1.54) is 0 Å². The first-order valence-electron chi connectivity index (χ1n) is 9.50. The lowest BCUT2D eigenvalue weighted by atomic mass is 9.96. The molecule has 1 aromatic carbocycles. The lowest BCUT2D eigenvalue weighted by Gasteiger charge is -2.31. The Hall–Kier alpha value is -2.57. The number of amides is 3. The molecule has 2 N–H and O–H groups in total. The predicted octanol–water partition coefficient (Wildman–Crippen LogP) is 2.31. The van der Waals surface area contributed by atoms with Gasteiger partial charge in [0.25, 0.3) is 5.91 Å². The fraction of sp³-hybridized carbons (Fsp3) is 0.550. The van der Waals surface area contributed by atoms with Crippen LogP contribution in [0.25, 0.3) is 0 Å². The van der Waals surface area contributed by atoms with Crippen LogP contribution in [0.1, 0.15) is 49.5 Å². The summed E-state index contributed by atoms with van der Waals surface area (Å²) in [5, 5.41) is 5.54. The van der Waals surface area contributed by atoms with Gasteiger partial charge in [-0.1, -0.05) is 12.1 Å². The molecular formula is C20H29N3O4. The molecule has 2 rings (SSSR count). The zero-order chi connectivity index (χ0) is 19.8. The number of esters is 1. The van der Waals surface area contributed by atoms with Gasteiger partial charge in [0.2, 0.25) is 0 Å². The van der Waals surface area contributed by atoms with E-state index in [0.29, 0.717) is 44.6 Å². The van der Waals surface area contributed by atoms with Crippen molar-refractivity contribution < 1.29 is 19.1 Å². The largest absolute Gasteiger partial charge is 0.466 e. The summed E-state index contributed by atoms with van der Waals surface area (Å²) in [4.78, 5) is 37.8. The van der Waals surface area contributed by atoms with Crippen LogP contribution in [0.2, 0.25) is 0 Å². The lowest BCUT2D eigenvalue weighted by Crippen LogP contribution is -2.40.